The molecule has 5 nitrogen and oxygen atoms in total. The summed E-state index contributed by atoms with van der Waals surface area (Å²) in [5, 5.41) is 11.0. The lowest BCUT2D eigenvalue weighted by Crippen LogP contribution is -2.14. The molecule has 1 heterocycles. The summed E-state index contributed by atoms with van der Waals surface area (Å²) in [5.41, 5.74) is 0.127. The van der Waals surface area contributed by atoms with E-state index in [1.54, 1.807) is 38.4 Å². The standard InChI is InChI=1S/C17H15F3N4O/c1-24(2)15-10-12(17(18,19)20)9-14(23-15)11-4-3-5-13(8-11)22-16(25)6-7-21/h3-5,8-10H,6H2,1-2H3,(H,22,25). The smallest absolute Gasteiger partial charge is 0.363 e. The van der Waals surface area contributed by atoms with Crippen LogP contribution in [0.15, 0.2) is 36.4 Å². The van der Waals surface area contributed by atoms with Crippen LogP contribution in [0.1, 0.15) is 12.0 Å². The fourth-order valence-corrected chi connectivity index (χ4v) is 2.09. The van der Waals surface area contributed by atoms with Crippen LogP contribution >= 0.6 is 0 Å². The molecule has 0 aliphatic heterocycles. The maximum absolute atomic E-state index is 13.1. The van der Waals surface area contributed by atoms with Crippen LogP contribution in [0.25, 0.3) is 11.3 Å². The molecule has 0 saturated heterocycles. The number of nitrogens with zero attached hydrogens (tertiary/aromatic N) is 3. The van der Waals surface area contributed by atoms with Crippen molar-refractivity contribution in [3.63, 3.8) is 0 Å². The second-order valence-electron chi connectivity index (χ2n) is 5.46. The molecular formula is C17H15F3N4O. The molecule has 0 unspecified atom stereocenters. The van der Waals surface area contributed by atoms with Crippen LogP contribution in [0, 0.1) is 11.3 Å². The Morgan fingerprint density at radius 2 is 2.00 bits per heavy atom. The first-order valence-corrected chi connectivity index (χ1v) is 7.24. The molecule has 0 bridgehead atoms. The summed E-state index contributed by atoms with van der Waals surface area (Å²) in [5.74, 6) is -0.325. The number of hydrogen-bond donors (Lipinski definition) is 1. The summed E-state index contributed by atoms with van der Waals surface area (Å²) < 4.78 is 39.4. The number of aromatic nitrogens is 1. The summed E-state index contributed by atoms with van der Waals surface area (Å²) in [6, 6.07) is 9.94. The summed E-state index contributed by atoms with van der Waals surface area (Å²) >= 11 is 0. The number of nitriles is 1. The first-order chi connectivity index (χ1) is 11.7. The van der Waals surface area contributed by atoms with E-state index in [9.17, 15) is 18.0 Å². The van der Waals surface area contributed by atoms with Gasteiger partial charge in [0.15, 0.2) is 0 Å². The van der Waals surface area contributed by atoms with Gasteiger partial charge in [0.05, 0.1) is 17.3 Å². The molecule has 1 N–H and O–H groups in total. The molecule has 0 aliphatic rings. The number of halogens is 3. The minimum absolute atomic E-state index is 0.134. The van der Waals surface area contributed by atoms with Crippen molar-refractivity contribution in [1.29, 1.82) is 5.26 Å². The van der Waals surface area contributed by atoms with E-state index < -0.39 is 17.6 Å². The van der Waals surface area contributed by atoms with Gasteiger partial charge in [0, 0.05) is 25.3 Å². The molecule has 0 saturated carbocycles. The quantitative estimate of drug-likeness (QED) is 0.915. The van der Waals surface area contributed by atoms with Crippen LogP contribution in [-0.2, 0) is 11.0 Å². The van der Waals surface area contributed by atoms with Gasteiger partial charge in [0.2, 0.25) is 5.91 Å². The highest BCUT2D eigenvalue weighted by Crippen LogP contribution is 2.34. The van der Waals surface area contributed by atoms with Crippen LogP contribution in [0.2, 0.25) is 0 Å². The van der Waals surface area contributed by atoms with Gasteiger partial charge in [-0.3, -0.25) is 4.79 Å². The topological polar surface area (TPSA) is 69.0 Å². The van der Waals surface area contributed by atoms with E-state index >= 15 is 0 Å². The summed E-state index contributed by atoms with van der Waals surface area (Å²) in [7, 11) is 3.20. The van der Waals surface area contributed by atoms with Gasteiger partial charge in [-0.25, -0.2) is 4.98 Å². The molecule has 0 atom stereocenters. The summed E-state index contributed by atoms with van der Waals surface area (Å²) in [4.78, 5) is 17.2. The van der Waals surface area contributed by atoms with Crippen molar-refractivity contribution in [3.8, 4) is 17.3 Å². The predicted octanol–water partition coefficient (Wildman–Crippen LogP) is 3.69. The number of amides is 1. The number of hydrogen-bond acceptors (Lipinski definition) is 4. The van der Waals surface area contributed by atoms with E-state index in [0.29, 0.717) is 11.3 Å². The van der Waals surface area contributed by atoms with Gasteiger partial charge in [-0.1, -0.05) is 12.1 Å². The number of nitrogens with one attached hydrogen (secondary N) is 1. The van der Waals surface area contributed by atoms with Gasteiger partial charge in [0.25, 0.3) is 0 Å². The lowest BCUT2D eigenvalue weighted by Gasteiger charge is -2.16. The zero-order valence-electron chi connectivity index (χ0n) is 13.6. The van der Waals surface area contributed by atoms with Crippen LogP contribution < -0.4 is 10.2 Å². The molecule has 1 aromatic heterocycles. The van der Waals surface area contributed by atoms with E-state index in [4.69, 9.17) is 5.26 Å². The van der Waals surface area contributed by atoms with E-state index in [1.807, 2.05) is 0 Å². The van der Waals surface area contributed by atoms with E-state index in [0.717, 1.165) is 12.1 Å². The molecule has 0 radical (unpaired) electrons. The Balaban J connectivity index is 2.46. The third-order valence-corrected chi connectivity index (χ3v) is 3.28. The van der Waals surface area contributed by atoms with Crippen LogP contribution in [0.3, 0.4) is 0 Å². The van der Waals surface area contributed by atoms with Gasteiger partial charge in [-0.15, -0.1) is 0 Å². The van der Waals surface area contributed by atoms with Crippen LogP contribution in [0.5, 0.6) is 0 Å². The molecule has 8 heteroatoms. The van der Waals surface area contributed by atoms with Crippen molar-refractivity contribution in [2.75, 3.05) is 24.3 Å². The Morgan fingerprint density at radius 1 is 1.28 bits per heavy atom. The first kappa shape index (κ1) is 18.3. The molecule has 2 aromatic rings. The first-order valence-electron chi connectivity index (χ1n) is 7.24. The maximum Gasteiger partial charge on any atom is 0.416 e. The second kappa shape index (κ2) is 7.21. The van der Waals surface area contributed by atoms with Crippen molar-refractivity contribution in [2.45, 2.75) is 12.6 Å². The molecule has 2 rings (SSSR count). The fraction of sp³-hybridized carbons (Fsp3) is 0.235. The van der Waals surface area contributed by atoms with Crippen molar-refractivity contribution in [2.24, 2.45) is 0 Å². The molecule has 1 aromatic carbocycles. The van der Waals surface area contributed by atoms with Gasteiger partial charge >= 0.3 is 6.18 Å². The average Bonchev–Trinajstić information content (AvgIpc) is 2.54. The number of carbonyl (C=O) groups excluding carboxylic acids is 1. The SMILES string of the molecule is CN(C)c1cc(C(F)(F)F)cc(-c2cccc(NC(=O)CC#N)c2)n1. The molecule has 0 fully saturated rings. The Kier molecular flexibility index (Phi) is 5.27. The van der Waals surface area contributed by atoms with E-state index in [1.165, 1.54) is 11.0 Å². The van der Waals surface area contributed by atoms with Crippen LogP contribution in [0.4, 0.5) is 24.7 Å². The van der Waals surface area contributed by atoms with Crippen molar-refractivity contribution >= 4 is 17.4 Å². The van der Waals surface area contributed by atoms with Gasteiger partial charge in [0.1, 0.15) is 12.2 Å². The normalized spacial score (nSPS) is 10.9. The second-order valence-corrected chi connectivity index (χ2v) is 5.46. The number of anilines is 2. The summed E-state index contributed by atoms with van der Waals surface area (Å²) in [6.07, 6.45) is -4.81. The lowest BCUT2D eigenvalue weighted by molar-refractivity contribution is -0.137. The number of rotatable bonds is 4. The van der Waals surface area contributed by atoms with Crippen molar-refractivity contribution in [1.82, 2.24) is 4.98 Å². The lowest BCUT2D eigenvalue weighted by atomic mass is 10.1. The zero-order chi connectivity index (χ0) is 18.6. The van der Waals surface area contributed by atoms with Gasteiger partial charge < -0.3 is 10.2 Å². The molecular weight excluding hydrogens is 333 g/mol. The van der Waals surface area contributed by atoms with E-state index in [2.05, 4.69) is 10.3 Å². The highest BCUT2D eigenvalue weighted by molar-refractivity contribution is 5.92. The fourth-order valence-electron chi connectivity index (χ4n) is 2.09. The molecule has 0 spiro atoms. The highest BCUT2D eigenvalue weighted by atomic mass is 19.4. The number of benzene rings is 1. The van der Waals surface area contributed by atoms with E-state index in [-0.39, 0.29) is 17.9 Å². The zero-order valence-corrected chi connectivity index (χ0v) is 13.6. The minimum atomic E-state index is -4.50. The van der Waals surface area contributed by atoms with Gasteiger partial charge in [-0.05, 0) is 24.3 Å². The molecule has 1 amide bonds. The van der Waals surface area contributed by atoms with Gasteiger partial charge in [-0.2, -0.15) is 18.4 Å². The Hall–Kier alpha value is -3.08. The summed E-state index contributed by atoms with van der Waals surface area (Å²) in [6.45, 7) is 0. The average molecular weight is 348 g/mol. The Morgan fingerprint density at radius 3 is 2.60 bits per heavy atom. The number of carbonyl (C=O) groups is 1. The molecule has 130 valence electrons. The monoisotopic (exact) mass is 348 g/mol. The third-order valence-electron chi connectivity index (χ3n) is 3.28. The molecule has 25 heavy (non-hydrogen) atoms. The number of alkyl halides is 3. The highest BCUT2D eigenvalue weighted by Gasteiger charge is 2.32. The predicted molar refractivity (Wildman–Crippen MR) is 87.9 cm³/mol. The molecule has 0 aliphatic carbocycles. The van der Waals surface area contributed by atoms with Crippen molar-refractivity contribution < 1.29 is 18.0 Å². The Bertz CT molecular complexity index is 825. The number of pyridine rings is 1. The maximum atomic E-state index is 13.1. The van der Waals surface area contributed by atoms with Crippen LogP contribution in [-0.4, -0.2) is 25.0 Å². The third kappa shape index (κ3) is 4.70. The minimum Gasteiger partial charge on any atom is -0.363 e. The largest absolute Gasteiger partial charge is 0.416 e. The Labute approximate surface area is 142 Å². The van der Waals surface area contributed by atoms with Crippen molar-refractivity contribution in [3.05, 3.63) is 42.0 Å².